The number of methoxy groups -OCH3 is 1. The molecule has 126 valence electrons. The van der Waals surface area contributed by atoms with E-state index < -0.39 is 5.97 Å². The molecule has 2 aromatic rings. The highest BCUT2D eigenvalue weighted by Gasteiger charge is 2.09. The summed E-state index contributed by atoms with van der Waals surface area (Å²) < 4.78 is 11.4. The molecule has 4 heteroatoms. The van der Waals surface area contributed by atoms with Gasteiger partial charge in [-0.3, -0.25) is 0 Å². The first-order chi connectivity index (χ1) is 11.5. The van der Waals surface area contributed by atoms with Crippen LogP contribution in [-0.4, -0.2) is 18.2 Å². The average molecular weight is 326 g/mol. The van der Waals surface area contributed by atoms with Gasteiger partial charge in [0, 0.05) is 11.6 Å². The smallest absolute Gasteiger partial charge is 0.328 e. The average Bonchev–Trinajstić information content (AvgIpc) is 2.58. The Morgan fingerprint density at radius 2 is 1.92 bits per heavy atom. The molecule has 0 bridgehead atoms. The first-order valence-corrected chi connectivity index (χ1v) is 7.81. The number of carboxylic acids is 1. The number of hydrogen-bond acceptors (Lipinski definition) is 3. The minimum atomic E-state index is -0.977. The van der Waals surface area contributed by atoms with Gasteiger partial charge in [0.2, 0.25) is 0 Å². The van der Waals surface area contributed by atoms with Gasteiger partial charge < -0.3 is 14.6 Å². The van der Waals surface area contributed by atoms with Crippen LogP contribution >= 0.6 is 0 Å². The maximum absolute atomic E-state index is 10.7. The molecule has 0 saturated heterocycles. The Hall–Kier alpha value is -2.75. The molecule has 0 saturated carbocycles. The van der Waals surface area contributed by atoms with E-state index in [9.17, 15) is 4.79 Å². The molecule has 0 aliphatic carbocycles. The quantitative estimate of drug-likeness (QED) is 0.761. The lowest BCUT2D eigenvalue weighted by atomic mass is 10.0. The van der Waals surface area contributed by atoms with Crippen molar-refractivity contribution in [1.82, 2.24) is 0 Å². The molecule has 4 nitrogen and oxygen atoms in total. The SMILES string of the molecule is COc1ccc(/C=C/C(=O)O)cc1COc1ccccc1C(C)C. The zero-order valence-electron chi connectivity index (χ0n) is 14.2. The number of hydrogen-bond donors (Lipinski definition) is 1. The van der Waals surface area contributed by atoms with E-state index >= 15 is 0 Å². The second kappa shape index (κ2) is 8.20. The van der Waals surface area contributed by atoms with E-state index in [1.54, 1.807) is 13.2 Å². The maximum Gasteiger partial charge on any atom is 0.328 e. The molecule has 0 amide bonds. The van der Waals surface area contributed by atoms with Crippen LogP contribution in [0.4, 0.5) is 0 Å². The lowest BCUT2D eigenvalue weighted by Gasteiger charge is -2.15. The summed E-state index contributed by atoms with van der Waals surface area (Å²) in [7, 11) is 1.60. The fraction of sp³-hybridized carbons (Fsp3) is 0.250. The molecule has 0 radical (unpaired) electrons. The number of aliphatic carboxylic acids is 1. The molecular weight excluding hydrogens is 304 g/mol. The Balaban J connectivity index is 2.22. The largest absolute Gasteiger partial charge is 0.496 e. The second-order valence-electron chi connectivity index (χ2n) is 5.72. The number of benzene rings is 2. The molecule has 0 unspecified atom stereocenters. The van der Waals surface area contributed by atoms with Crippen LogP contribution in [-0.2, 0) is 11.4 Å². The van der Waals surface area contributed by atoms with Crippen LogP contribution in [0, 0.1) is 0 Å². The third-order valence-electron chi connectivity index (χ3n) is 3.65. The summed E-state index contributed by atoms with van der Waals surface area (Å²) in [6, 6.07) is 13.5. The van der Waals surface area contributed by atoms with Gasteiger partial charge in [-0.05, 0) is 41.3 Å². The van der Waals surface area contributed by atoms with E-state index in [0.29, 0.717) is 18.3 Å². The van der Waals surface area contributed by atoms with E-state index in [4.69, 9.17) is 14.6 Å². The first-order valence-electron chi connectivity index (χ1n) is 7.81. The van der Waals surface area contributed by atoms with Crippen molar-refractivity contribution >= 4 is 12.0 Å². The maximum atomic E-state index is 10.7. The van der Waals surface area contributed by atoms with Crippen molar-refractivity contribution in [3.8, 4) is 11.5 Å². The van der Waals surface area contributed by atoms with Gasteiger partial charge in [-0.2, -0.15) is 0 Å². The summed E-state index contributed by atoms with van der Waals surface area (Å²) in [5.41, 5.74) is 2.80. The third kappa shape index (κ3) is 4.62. The van der Waals surface area contributed by atoms with Gasteiger partial charge in [-0.1, -0.05) is 38.1 Å². The van der Waals surface area contributed by atoms with Crippen molar-refractivity contribution in [2.24, 2.45) is 0 Å². The lowest BCUT2D eigenvalue weighted by Crippen LogP contribution is -2.02. The molecular formula is C20H22O4. The van der Waals surface area contributed by atoms with Crippen LogP contribution in [0.5, 0.6) is 11.5 Å². The molecule has 2 aromatic carbocycles. The molecule has 0 spiro atoms. The highest BCUT2D eigenvalue weighted by atomic mass is 16.5. The van der Waals surface area contributed by atoms with E-state index in [-0.39, 0.29) is 0 Å². The van der Waals surface area contributed by atoms with Crippen LogP contribution < -0.4 is 9.47 Å². The Bertz CT molecular complexity index is 732. The fourth-order valence-corrected chi connectivity index (χ4v) is 2.43. The van der Waals surface area contributed by atoms with Gasteiger partial charge in [0.05, 0.1) is 7.11 Å². The highest BCUT2D eigenvalue weighted by Crippen LogP contribution is 2.28. The van der Waals surface area contributed by atoms with E-state index in [2.05, 4.69) is 19.9 Å². The summed E-state index contributed by atoms with van der Waals surface area (Å²) in [6.45, 7) is 4.60. The fourth-order valence-electron chi connectivity index (χ4n) is 2.43. The molecule has 0 aliphatic rings. The number of carbonyl (C=O) groups is 1. The predicted octanol–water partition coefficient (Wildman–Crippen LogP) is 4.50. The Labute approximate surface area is 142 Å². The minimum Gasteiger partial charge on any atom is -0.496 e. The Kier molecular flexibility index (Phi) is 6.01. The highest BCUT2D eigenvalue weighted by molar-refractivity contribution is 5.85. The van der Waals surface area contributed by atoms with Gasteiger partial charge in [0.1, 0.15) is 18.1 Å². The number of ether oxygens (including phenoxy) is 2. The summed E-state index contributed by atoms with van der Waals surface area (Å²) in [5.74, 6) is 0.952. The summed E-state index contributed by atoms with van der Waals surface area (Å²) in [5, 5.41) is 8.74. The molecule has 0 heterocycles. The van der Waals surface area contributed by atoms with Crippen molar-refractivity contribution in [2.75, 3.05) is 7.11 Å². The number of rotatable bonds is 7. The second-order valence-corrected chi connectivity index (χ2v) is 5.72. The molecule has 2 rings (SSSR count). The molecule has 1 N–H and O–H groups in total. The number of carboxylic acid groups (broad SMARTS) is 1. The molecule has 24 heavy (non-hydrogen) atoms. The van der Waals surface area contributed by atoms with Gasteiger partial charge in [-0.25, -0.2) is 4.79 Å². The summed E-state index contributed by atoms with van der Waals surface area (Å²) in [4.78, 5) is 10.7. The molecule has 0 aromatic heterocycles. The summed E-state index contributed by atoms with van der Waals surface area (Å²) >= 11 is 0. The van der Waals surface area contributed by atoms with Gasteiger partial charge >= 0.3 is 5.97 Å². The van der Waals surface area contributed by atoms with Gasteiger partial charge in [0.25, 0.3) is 0 Å². The summed E-state index contributed by atoms with van der Waals surface area (Å²) in [6.07, 6.45) is 2.66. The Morgan fingerprint density at radius 3 is 2.58 bits per heavy atom. The van der Waals surface area contributed by atoms with Crippen molar-refractivity contribution in [3.63, 3.8) is 0 Å². The minimum absolute atomic E-state index is 0.349. The van der Waals surface area contributed by atoms with E-state index in [1.165, 1.54) is 0 Å². The molecule has 0 atom stereocenters. The monoisotopic (exact) mass is 326 g/mol. The molecule has 0 fully saturated rings. The van der Waals surface area contributed by atoms with Crippen molar-refractivity contribution < 1.29 is 19.4 Å². The molecule has 0 aliphatic heterocycles. The van der Waals surface area contributed by atoms with Gasteiger partial charge in [-0.15, -0.1) is 0 Å². The van der Waals surface area contributed by atoms with E-state index in [0.717, 1.165) is 28.5 Å². The predicted molar refractivity (Wildman–Crippen MR) is 94.5 cm³/mol. The van der Waals surface area contributed by atoms with Crippen molar-refractivity contribution in [3.05, 3.63) is 65.2 Å². The van der Waals surface area contributed by atoms with Crippen LogP contribution in [0.25, 0.3) is 6.08 Å². The van der Waals surface area contributed by atoms with Crippen molar-refractivity contribution in [2.45, 2.75) is 26.4 Å². The van der Waals surface area contributed by atoms with Crippen LogP contribution in [0.1, 0.15) is 36.5 Å². The topological polar surface area (TPSA) is 55.8 Å². The standard InChI is InChI=1S/C20H22O4/c1-14(2)17-6-4-5-7-19(17)24-13-16-12-15(9-11-20(21)22)8-10-18(16)23-3/h4-12,14H,13H2,1-3H3,(H,21,22)/b11-9+. The third-order valence-corrected chi connectivity index (χ3v) is 3.65. The van der Waals surface area contributed by atoms with Crippen molar-refractivity contribution in [1.29, 1.82) is 0 Å². The zero-order valence-corrected chi connectivity index (χ0v) is 14.2. The number of para-hydroxylation sites is 1. The van der Waals surface area contributed by atoms with Gasteiger partial charge in [0.15, 0.2) is 0 Å². The van der Waals surface area contributed by atoms with Crippen LogP contribution in [0.2, 0.25) is 0 Å². The lowest BCUT2D eigenvalue weighted by molar-refractivity contribution is -0.131. The van der Waals surface area contributed by atoms with Crippen LogP contribution in [0.3, 0.4) is 0 Å². The normalized spacial score (nSPS) is 11.0. The van der Waals surface area contributed by atoms with E-state index in [1.807, 2.05) is 36.4 Å². The zero-order chi connectivity index (χ0) is 17.5. The first kappa shape index (κ1) is 17.6. The Morgan fingerprint density at radius 1 is 1.17 bits per heavy atom. The van der Waals surface area contributed by atoms with Crippen LogP contribution in [0.15, 0.2) is 48.5 Å².